The summed E-state index contributed by atoms with van der Waals surface area (Å²) >= 11 is 1.57. The van der Waals surface area contributed by atoms with E-state index in [2.05, 4.69) is 48.1 Å². The molecule has 5 aromatic rings. The van der Waals surface area contributed by atoms with Crippen molar-refractivity contribution in [1.29, 1.82) is 0 Å². The molecule has 2 heterocycles. The van der Waals surface area contributed by atoms with Crippen LogP contribution in [0.3, 0.4) is 0 Å². The zero-order valence-corrected chi connectivity index (χ0v) is 18.6. The number of rotatable bonds is 6. The maximum Gasteiger partial charge on any atom is 0.187 e. The molecule has 0 amide bonds. The van der Waals surface area contributed by atoms with Gasteiger partial charge in [-0.2, -0.15) is 5.10 Å². The van der Waals surface area contributed by atoms with Crippen molar-refractivity contribution in [3.05, 3.63) is 96.0 Å². The van der Waals surface area contributed by atoms with Gasteiger partial charge < -0.3 is 10.1 Å². The average Bonchev–Trinajstić information content (AvgIpc) is 3.48. The molecule has 0 saturated heterocycles. The fraction of sp³-hybridized carbons (Fsp3) is 0.0769. The minimum absolute atomic E-state index is 0.825. The number of nitrogens with one attached hydrogen (secondary N) is 1. The maximum absolute atomic E-state index is 5.23. The first-order valence-corrected chi connectivity index (χ1v) is 11.2. The zero-order valence-electron chi connectivity index (χ0n) is 17.8. The Morgan fingerprint density at radius 2 is 1.66 bits per heavy atom. The van der Waals surface area contributed by atoms with Crippen LogP contribution in [0.4, 0.5) is 10.8 Å². The van der Waals surface area contributed by atoms with Crippen LogP contribution in [0.1, 0.15) is 5.56 Å². The van der Waals surface area contributed by atoms with Crippen LogP contribution in [0.15, 0.2) is 90.4 Å². The topological polar surface area (TPSA) is 52.0 Å². The van der Waals surface area contributed by atoms with Gasteiger partial charge in [-0.05, 0) is 43.3 Å². The van der Waals surface area contributed by atoms with E-state index < -0.39 is 0 Å². The van der Waals surface area contributed by atoms with Crippen LogP contribution < -0.4 is 10.1 Å². The van der Waals surface area contributed by atoms with Crippen molar-refractivity contribution in [3.63, 3.8) is 0 Å². The Labute approximate surface area is 191 Å². The highest BCUT2D eigenvalue weighted by Crippen LogP contribution is 2.34. The van der Waals surface area contributed by atoms with E-state index >= 15 is 0 Å². The Morgan fingerprint density at radius 1 is 0.906 bits per heavy atom. The predicted octanol–water partition coefficient (Wildman–Crippen LogP) is 6.72. The van der Waals surface area contributed by atoms with Crippen molar-refractivity contribution in [2.75, 3.05) is 12.4 Å². The third-order valence-electron chi connectivity index (χ3n) is 5.18. The fourth-order valence-corrected chi connectivity index (χ4v) is 4.18. The molecule has 5 nitrogen and oxygen atoms in total. The van der Waals surface area contributed by atoms with Crippen LogP contribution in [-0.4, -0.2) is 21.9 Å². The van der Waals surface area contributed by atoms with Gasteiger partial charge in [0.25, 0.3) is 0 Å². The first-order valence-electron chi connectivity index (χ1n) is 10.3. The third-order valence-corrected chi connectivity index (χ3v) is 5.94. The molecule has 0 fully saturated rings. The Morgan fingerprint density at radius 3 is 2.38 bits per heavy atom. The minimum Gasteiger partial charge on any atom is -0.497 e. The number of thiazole rings is 1. The summed E-state index contributed by atoms with van der Waals surface area (Å²) < 4.78 is 7.15. The monoisotopic (exact) mass is 438 g/mol. The van der Waals surface area contributed by atoms with Gasteiger partial charge in [0.2, 0.25) is 0 Å². The summed E-state index contributed by atoms with van der Waals surface area (Å²) in [4.78, 5) is 4.85. The van der Waals surface area contributed by atoms with Crippen LogP contribution in [-0.2, 0) is 0 Å². The Balaban J connectivity index is 1.52. The van der Waals surface area contributed by atoms with Gasteiger partial charge in [0.1, 0.15) is 11.4 Å². The number of methoxy groups -OCH3 is 1. The van der Waals surface area contributed by atoms with E-state index in [1.54, 1.807) is 18.4 Å². The lowest BCUT2D eigenvalue weighted by atomic mass is 10.1. The summed E-state index contributed by atoms with van der Waals surface area (Å²) in [5, 5.41) is 11.2. The lowest BCUT2D eigenvalue weighted by Crippen LogP contribution is -1.93. The van der Waals surface area contributed by atoms with Gasteiger partial charge in [0.15, 0.2) is 5.13 Å². The second-order valence-corrected chi connectivity index (χ2v) is 8.29. The molecule has 6 heteroatoms. The summed E-state index contributed by atoms with van der Waals surface area (Å²) in [6, 6.07) is 26.4. The van der Waals surface area contributed by atoms with Gasteiger partial charge in [0.05, 0.1) is 18.5 Å². The number of hydrogen-bond acceptors (Lipinski definition) is 5. The number of aromatic nitrogens is 3. The van der Waals surface area contributed by atoms with E-state index in [1.165, 1.54) is 5.56 Å². The number of anilines is 2. The highest BCUT2D eigenvalue weighted by molar-refractivity contribution is 7.14. The number of nitrogens with zero attached hydrogens (tertiary/aromatic N) is 3. The summed E-state index contributed by atoms with van der Waals surface area (Å²) in [6.07, 6.45) is 2.05. The number of para-hydroxylation sites is 1. The van der Waals surface area contributed by atoms with Gasteiger partial charge in [-0.1, -0.05) is 48.0 Å². The summed E-state index contributed by atoms with van der Waals surface area (Å²) in [6.45, 7) is 2.09. The largest absolute Gasteiger partial charge is 0.497 e. The van der Waals surface area contributed by atoms with Gasteiger partial charge in [0, 0.05) is 28.4 Å². The van der Waals surface area contributed by atoms with E-state index in [-0.39, 0.29) is 0 Å². The van der Waals surface area contributed by atoms with E-state index in [1.807, 2.05) is 59.3 Å². The van der Waals surface area contributed by atoms with E-state index in [9.17, 15) is 0 Å². The molecule has 158 valence electrons. The van der Waals surface area contributed by atoms with Crippen LogP contribution in [0, 0.1) is 6.92 Å². The van der Waals surface area contributed by atoms with Crippen molar-refractivity contribution in [2.24, 2.45) is 0 Å². The van der Waals surface area contributed by atoms with Crippen LogP contribution in [0.2, 0.25) is 0 Å². The molecule has 2 aromatic heterocycles. The molecule has 0 saturated carbocycles. The first kappa shape index (κ1) is 20.0. The molecule has 1 N–H and O–H groups in total. The molecule has 0 aliphatic heterocycles. The molecule has 0 bridgehead atoms. The molecular formula is C26H22N4OS. The Bertz CT molecular complexity index is 1320. The standard InChI is InChI=1S/C26H22N4OS/c1-18-8-10-19(11-9-18)25-23(16-30(29-25)21-6-4-3-5-7-21)24-17-32-26(28-24)27-20-12-14-22(31-2)15-13-20/h3-17H,1-2H3,(H,27,28). The minimum atomic E-state index is 0.825. The number of benzene rings is 3. The molecule has 0 atom stereocenters. The third kappa shape index (κ3) is 4.13. The van der Waals surface area contributed by atoms with Crippen molar-refractivity contribution in [2.45, 2.75) is 6.92 Å². The van der Waals surface area contributed by atoms with Gasteiger partial charge >= 0.3 is 0 Å². The van der Waals surface area contributed by atoms with Crippen LogP contribution in [0.5, 0.6) is 5.75 Å². The number of hydrogen-bond donors (Lipinski definition) is 1. The van der Waals surface area contributed by atoms with E-state index in [0.717, 1.165) is 44.8 Å². The quantitative estimate of drug-likeness (QED) is 0.320. The summed E-state index contributed by atoms with van der Waals surface area (Å²) in [5.74, 6) is 0.825. The smallest absolute Gasteiger partial charge is 0.187 e. The van der Waals surface area contributed by atoms with Gasteiger partial charge in [-0.15, -0.1) is 11.3 Å². The van der Waals surface area contributed by atoms with E-state index in [4.69, 9.17) is 14.8 Å². The van der Waals surface area contributed by atoms with Crippen LogP contribution >= 0.6 is 11.3 Å². The van der Waals surface area contributed by atoms with Crippen molar-refractivity contribution < 1.29 is 4.74 Å². The molecule has 5 rings (SSSR count). The normalized spacial score (nSPS) is 10.8. The average molecular weight is 439 g/mol. The number of aryl methyl sites for hydroxylation is 1. The van der Waals surface area contributed by atoms with Crippen molar-refractivity contribution in [3.8, 4) is 34.0 Å². The predicted molar refractivity (Wildman–Crippen MR) is 131 cm³/mol. The molecule has 3 aromatic carbocycles. The lowest BCUT2D eigenvalue weighted by Gasteiger charge is -2.04. The number of ether oxygens (including phenoxy) is 1. The molecule has 0 aliphatic rings. The fourth-order valence-electron chi connectivity index (χ4n) is 3.45. The molecule has 0 aliphatic carbocycles. The molecule has 0 unspecified atom stereocenters. The molecule has 0 radical (unpaired) electrons. The first-order chi connectivity index (χ1) is 15.7. The van der Waals surface area contributed by atoms with Gasteiger partial charge in [-0.25, -0.2) is 9.67 Å². The second-order valence-electron chi connectivity index (χ2n) is 7.43. The Kier molecular flexibility index (Phi) is 5.44. The summed E-state index contributed by atoms with van der Waals surface area (Å²) in [7, 11) is 1.66. The SMILES string of the molecule is COc1ccc(Nc2nc(-c3cn(-c4ccccc4)nc3-c3ccc(C)cc3)cs2)cc1. The maximum atomic E-state index is 5.23. The molecular weight excluding hydrogens is 416 g/mol. The van der Waals surface area contributed by atoms with Crippen molar-refractivity contribution >= 4 is 22.2 Å². The summed E-state index contributed by atoms with van der Waals surface area (Å²) in [5.41, 5.74) is 7.07. The lowest BCUT2D eigenvalue weighted by molar-refractivity contribution is 0.415. The second kappa shape index (κ2) is 8.69. The van der Waals surface area contributed by atoms with E-state index in [0.29, 0.717) is 0 Å². The molecule has 0 spiro atoms. The highest BCUT2D eigenvalue weighted by atomic mass is 32.1. The van der Waals surface area contributed by atoms with Crippen LogP contribution in [0.25, 0.3) is 28.2 Å². The van der Waals surface area contributed by atoms with Crippen molar-refractivity contribution in [1.82, 2.24) is 14.8 Å². The van der Waals surface area contributed by atoms with Gasteiger partial charge in [-0.3, -0.25) is 0 Å². The molecule has 32 heavy (non-hydrogen) atoms. The highest BCUT2D eigenvalue weighted by Gasteiger charge is 2.17. The Hall–Kier alpha value is -3.90. The zero-order chi connectivity index (χ0) is 21.9.